The van der Waals surface area contributed by atoms with Crippen LogP contribution < -0.4 is 0 Å². The van der Waals surface area contributed by atoms with E-state index in [2.05, 4.69) is 150 Å². The van der Waals surface area contributed by atoms with Gasteiger partial charge in [-0.1, -0.05) is 142 Å². The second-order valence-electron chi connectivity index (χ2n) is 13.3. The highest BCUT2D eigenvalue weighted by Crippen LogP contribution is 2.57. The summed E-state index contributed by atoms with van der Waals surface area (Å²) in [6, 6.07) is 41.8. The highest BCUT2D eigenvalue weighted by Gasteiger charge is 2.45. The van der Waals surface area contributed by atoms with Crippen LogP contribution in [0.3, 0.4) is 0 Å². The van der Waals surface area contributed by atoms with E-state index in [9.17, 15) is 0 Å². The van der Waals surface area contributed by atoms with Gasteiger partial charge in [-0.25, -0.2) is 0 Å². The zero-order valence-corrected chi connectivity index (χ0v) is 27.7. The molecule has 0 spiro atoms. The molecule has 1 aliphatic rings. The van der Waals surface area contributed by atoms with Gasteiger partial charge >= 0.3 is 0 Å². The average Bonchev–Trinajstić information content (AvgIpc) is 3.36. The molecule has 0 aliphatic heterocycles. The van der Waals surface area contributed by atoms with Gasteiger partial charge in [-0.3, -0.25) is 0 Å². The van der Waals surface area contributed by atoms with Crippen LogP contribution in [0.5, 0.6) is 0 Å². The minimum Gasteiger partial charge on any atom is -0.103 e. The molecule has 2 unspecified atom stereocenters. The van der Waals surface area contributed by atoms with Crippen LogP contribution in [-0.4, -0.2) is 0 Å². The maximum atomic E-state index is 3.94. The lowest BCUT2D eigenvalue weighted by atomic mass is 9.67. The molecule has 0 heterocycles. The molecule has 0 aromatic heterocycles. The summed E-state index contributed by atoms with van der Waals surface area (Å²) in [6.07, 6.45) is 10.3. The SMILES string of the molecule is C=CCCCCCCC1(c2cc(C)ccc2C)c2cc(-c3ccccc3)ccc2-c2ccc(-c3ccc(C(C)CC)cc3)cc21. The van der Waals surface area contributed by atoms with Crippen LogP contribution in [0.2, 0.25) is 0 Å². The Morgan fingerprint density at radius 1 is 0.622 bits per heavy atom. The van der Waals surface area contributed by atoms with Gasteiger partial charge < -0.3 is 0 Å². The van der Waals surface area contributed by atoms with Gasteiger partial charge in [-0.2, -0.15) is 0 Å². The number of hydrogen-bond donors (Lipinski definition) is 0. The van der Waals surface area contributed by atoms with Crippen LogP contribution in [0.4, 0.5) is 0 Å². The molecule has 5 aromatic rings. The standard InChI is InChI=1S/C45H48/c1-6-8-9-10-11-15-28-45(42-29-32(3)18-19-34(42)5)43-30-38(36-16-13-12-14-17-36)24-26-40(43)41-27-25-39(31-44(41)45)37-22-20-35(21-23-37)33(4)7-2/h6,12-14,16-27,29-31,33H,1,7-11,15,28H2,2-5H3. The Labute approximate surface area is 271 Å². The van der Waals surface area contributed by atoms with Crippen molar-refractivity contribution in [2.24, 2.45) is 0 Å². The summed E-state index contributed by atoms with van der Waals surface area (Å²) in [5.74, 6) is 0.579. The molecule has 0 saturated heterocycles. The smallest absolute Gasteiger partial charge is 0.0466 e. The number of fused-ring (bicyclic) bond motifs is 3. The molecule has 5 aromatic carbocycles. The van der Waals surface area contributed by atoms with Crippen LogP contribution in [-0.2, 0) is 5.41 Å². The van der Waals surface area contributed by atoms with Crippen molar-refractivity contribution in [3.05, 3.63) is 155 Å². The van der Waals surface area contributed by atoms with E-state index in [0.717, 1.165) is 19.3 Å². The van der Waals surface area contributed by atoms with Gasteiger partial charge in [0.05, 0.1) is 0 Å². The van der Waals surface area contributed by atoms with E-state index in [1.807, 2.05) is 0 Å². The second-order valence-corrected chi connectivity index (χ2v) is 13.3. The lowest BCUT2D eigenvalue weighted by Gasteiger charge is -2.35. The molecule has 0 N–H and O–H groups in total. The summed E-state index contributed by atoms with van der Waals surface area (Å²) in [6.45, 7) is 13.1. The third-order valence-corrected chi connectivity index (χ3v) is 10.3. The van der Waals surface area contributed by atoms with Crippen molar-refractivity contribution in [3.63, 3.8) is 0 Å². The summed E-state index contributed by atoms with van der Waals surface area (Å²) in [5.41, 5.74) is 16.2. The highest BCUT2D eigenvalue weighted by atomic mass is 14.5. The topological polar surface area (TPSA) is 0 Å². The molecule has 0 nitrogen and oxygen atoms in total. The Morgan fingerprint density at radius 3 is 1.84 bits per heavy atom. The molecule has 228 valence electrons. The zero-order valence-electron chi connectivity index (χ0n) is 27.7. The minimum atomic E-state index is -0.212. The Balaban J connectivity index is 1.55. The third kappa shape index (κ3) is 5.96. The molecule has 45 heavy (non-hydrogen) atoms. The van der Waals surface area contributed by atoms with Crippen LogP contribution >= 0.6 is 0 Å². The fourth-order valence-corrected chi connectivity index (χ4v) is 7.56. The number of benzene rings is 5. The van der Waals surface area contributed by atoms with Crippen molar-refractivity contribution in [1.29, 1.82) is 0 Å². The van der Waals surface area contributed by atoms with Crippen molar-refractivity contribution < 1.29 is 0 Å². The van der Waals surface area contributed by atoms with Crippen molar-refractivity contribution in [2.45, 2.75) is 84.0 Å². The lowest BCUT2D eigenvalue weighted by molar-refractivity contribution is 0.510. The maximum Gasteiger partial charge on any atom is 0.0466 e. The molecule has 0 bridgehead atoms. The largest absolute Gasteiger partial charge is 0.103 e. The van der Waals surface area contributed by atoms with Gasteiger partial charge in [0.2, 0.25) is 0 Å². The molecule has 0 amide bonds. The van der Waals surface area contributed by atoms with E-state index in [4.69, 9.17) is 0 Å². The minimum absolute atomic E-state index is 0.212. The van der Waals surface area contributed by atoms with Gasteiger partial charge in [-0.05, 0) is 119 Å². The van der Waals surface area contributed by atoms with Gasteiger partial charge in [-0.15, -0.1) is 6.58 Å². The number of aryl methyl sites for hydroxylation is 2. The molecule has 0 fully saturated rings. The predicted octanol–water partition coefficient (Wildman–Crippen LogP) is 13.0. The Kier molecular flexibility index (Phi) is 9.22. The number of hydrogen-bond acceptors (Lipinski definition) is 0. The van der Waals surface area contributed by atoms with Gasteiger partial charge in [0.1, 0.15) is 0 Å². The summed E-state index contributed by atoms with van der Waals surface area (Å²) >= 11 is 0. The highest BCUT2D eigenvalue weighted by molar-refractivity contribution is 5.88. The Hall–Kier alpha value is -4.16. The molecular formula is C45H48. The van der Waals surface area contributed by atoms with Gasteiger partial charge in [0, 0.05) is 5.41 Å². The van der Waals surface area contributed by atoms with E-state index in [-0.39, 0.29) is 5.41 Å². The Bertz CT molecular complexity index is 1770. The summed E-state index contributed by atoms with van der Waals surface area (Å²) in [4.78, 5) is 0. The molecule has 1 aliphatic carbocycles. The fourth-order valence-electron chi connectivity index (χ4n) is 7.56. The third-order valence-electron chi connectivity index (χ3n) is 10.3. The molecular weight excluding hydrogens is 540 g/mol. The number of unbranched alkanes of at least 4 members (excludes halogenated alkanes) is 4. The van der Waals surface area contributed by atoms with Crippen molar-refractivity contribution >= 4 is 0 Å². The molecule has 0 saturated carbocycles. The van der Waals surface area contributed by atoms with Crippen molar-refractivity contribution in [1.82, 2.24) is 0 Å². The van der Waals surface area contributed by atoms with Crippen LogP contribution in [0.25, 0.3) is 33.4 Å². The zero-order chi connectivity index (χ0) is 31.4. The molecule has 0 heteroatoms. The molecule has 0 radical (unpaired) electrons. The summed E-state index contributed by atoms with van der Waals surface area (Å²) < 4.78 is 0. The first-order chi connectivity index (χ1) is 22.0. The Morgan fingerprint density at radius 2 is 1.22 bits per heavy atom. The first kappa shape index (κ1) is 30.8. The van der Waals surface area contributed by atoms with Crippen LogP contribution in [0, 0.1) is 13.8 Å². The summed E-state index contributed by atoms with van der Waals surface area (Å²) in [5, 5.41) is 0. The van der Waals surface area contributed by atoms with E-state index in [0.29, 0.717) is 5.92 Å². The van der Waals surface area contributed by atoms with Crippen LogP contribution in [0.15, 0.2) is 122 Å². The van der Waals surface area contributed by atoms with E-state index in [1.54, 1.807) is 0 Å². The van der Waals surface area contributed by atoms with E-state index < -0.39 is 0 Å². The van der Waals surface area contributed by atoms with Gasteiger partial charge in [0.25, 0.3) is 0 Å². The first-order valence-corrected chi connectivity index (χ1v) is 17.1. The quantitative estimate of drug-likeness (QED) is 0.100. The number of allylic oxidation sites excluding steroid dienone is 1. The average molecular weight is 589 g/mol. The normalized spacial score (nSPS) is 15.8. The van der Waals surface area contributed by atoms with E-state index in [1.165, 1.54) is 92.4 Å². The maximum absolute atomic E-state index is 3.94. The number of rotatable bonds is 12. The van der Waals surface area contributed by atoms with Gasteiger partial charge in [0.15, 0.2) is 0 Å². The lowest BCUT2D eigenvalue weighted by Crippen LogP contribution is -2.28. The van der Waals surface area contributed by atoms with E-state index >= 15 is 0 Å². The predicted molar refractivity (Wildman–Crippen MR) is 195 cm³/mol. The van der Waals surface area contributed by atoms with Crippen molar-refractivity contribution in [2.75, 3.05) is 0 Å². The summed E-state index contributed by atoms with van der Waals surface area (Å²) in [7, 11) is 0. The monoisotopic (exact) mass is 588 g/mol. The molecule has 6 rings (SSSR count). The van der Waals surface area contributed by atoms with Crippen LogP contribution in [0.1, 0.15) is 98.1 Å². The first-order valence-electron chi connectivity index (χ1n) is 17.1. The fraction of sp³-hybridized carbons (Fsp3) is 0.289. The molecule has 2 atom stereocenters. The second kappa shape index (κ2) is 13.5. The van der Waals surface area contributed by atoms with Crippen molar-refractivity contribution in [3.8, 4) is 33.4 Å².